The predicted octanol–water partition coefficient (Wildman–Crippen LogP) is 2.57. The van der Waals surface area contributed by atoms with Crippen LogP contribution in [0, 0.1) is 21.7 Å². The summed E-state index contributed by atoms with van der Waals surface area (Å²) in [5.74, 6) is -3.80. The zero-order chi connectivity index (χ0) is 15.6. The van der Waals surface area contributed by atoms with Crippen molar-refractivity contribution < 1.29 is 18.5 Å². The van der Waals surface area contributed by atoms with Crippen LogP contribution in [0.15, 0.2) is 24.5 Å². The minimum atomic E-state index is -1.45. The van der Waals surface area contributed by atoms with Crippen LogP contribution in [0.2, 0.25) is 5.15 Å². The Bertz CT molecular complexity index is 741. The summed E-state index contributed by atoms with van der Waals surface area (Å²) in [6, 6.07) is 0.918. The number of carbonyl (C=O) groups excluding carboxylic acids is 1. The number of rotatable bonds is 3. The van der Waals surface area contributed by atoms with E-state index in [1.165, 1.54) is 6.20 Å². The number of nitro groups is 1. The quantitative estimate of drug-likeness (QED) is 0.693. The molecule has 0 spiro atoms. The van der Waals surface area contributed by atoms with E-state index in [2.05, 4.69) is 15.3 Å². The van der Waals surface area contributed by atoms with E-state index >= 15 is 0 Å². The van der Waals surface area contributed by atoms with Crippen LogP contribution in [0.4, 0.5) is 20.3 Å². The summed E-state index contributed by atoms with van der Waals surface area (Å²) in [7, 11) is 0. The number of hydrogen-bond donors (Lipinski definition) is 1. The van der Waals surface area contributed by atoms with Crippen LogP contribution in [0.1, 0.15) is 10.4 Å². The van der Waals surface area contributed by atoms with Gasteiger partial charge in [0, 0.05) is 0 Å². The van der Waals surface area contributed by atoms with E-state index < -0.39 is 33.7 Å². The van der Waals surface area contributed by atoms with Gasteiger partial charge in [-0.3, -0.25) is 19.9 Å². The second-order valence-corrected chi connectivity index (χ2v) is 4.11. The highest BCUT2D eigenvalue weighted by molar-refractivity contribution is 6.29. The number of aromatic nitrogens is 2. The molecule has 0 fully saturated rings. The lowest BCUT2D eigenvalue weighted by molar-refractivity contribution is -0.387. The Labute approximate surface area is 120 Å². The zero-order valence-electron chi connectivity index (χ0n) is 10.0. The van der Waals surface area contributed by atoms with Gasteiger partial charge in [-0.15, -0.1) is 0 Å². The lowest BCUT2D eigenvalue weighted by Crippen LogP contribution is -2.16. The fourth-order valence-electron chi connectivity index (χ4n) is 1.46. The fourth-order valence-corrected chi connectivity index (χ4v) is 1.61. The molecule has 1 amide bonds. The third-order valence-corrected chi connectivity index (χ3v) is 2.49. The molecule has 0 saturated carbocycles. The molecule has 21 heavy (non-hydrogen) atoms. The lowest BCUT2D eigenvalue weighted by Gasteiger charge is -2.05. The standard InChI is InChI=1S/C11H5ClF2N4O3/c12-8-3-15-4-9(16-8)17-11(19)6-1-5(13)2-7(10(6)14)18(20)21/h1-4H,(H,16,17,19). The molecular formula is C11H5ClF2N4O3. The van der Waals surface area contributed by atoms with Crippen molar-refractivity contribution in [3.63, 3.8) is 0 Å². The second-order valence-electron chi connectivity index (χ2n) is 3.72. The highest BCUT2D eigenvalue weighted by Crippen LogP contribution is 2.23. The summed E-state index contributed by atoms with van der Waals surface area (Å²) in [5, 5.41) is 12.7. The molecule has 1 N–H and O–H groups in total. The number of anilines is 1. The van der Waals surface area contributed by atoms with E-state index in [0.29, 0.717) is 12.1 Å². The van der Waals surface area contributed by atoms with Gasteiger partial charge in [0.25, 0.3) is 5.91 Å². The monoisotopic (exact) mass is 314 g/mol. The van der Waals surface area contributed by atoms with Gasteiger partial charge in [-0.05, 0) is 6.07 Å². The maximum absolute atomic E-state index is 13.8. The summed E-state index contributed by atoms with van der Waals surface area (Å²) in [6.45, 7) is 0. The Morgan fingerprint density at radius 2 is 2.05 bits per heavy atom. The number of carbonyl (C=O) groups is 1. The van der Waals surface area contributed by atoms with Gasteiger partial charge in [-0.1, -0.05) is 11.6 Å². The summed E-state index contributed by atoms with van der Waals surface area (Å²) in [6.07, 6.45) is 2.32. The summed E-state index contributed by atoms with van der Waals surface area (Å²) >= 11 is 5.55. The van der Waals surface area contributed by atoms with Crippen molar-refractivity contribution in [1.29, 1.82) is 0 Å². The number of nitrogens with zero attached hydrogens (tertiary/aromatic N) is 3. The average molecular weight is 315 g/mol. The van der Waals surface area contributed by atoms with Gasteiger partial charge in [-0.25, -0.2) is 9.37 Å². The van der Waals surface area contributed by atoms with Crippen LogP contribution >= 0.6 is 11.6 Å². The van der Waals surface area contributed by atoms with Gasteiger partial charge in [0.05, 0.1) is 28.9 Å². The highest BCUT2D eigenvalue weighted by atomic mass is 35.5. The maximum atomic E-state index is 13.8. The smallest absolute Gasteiger partial charge is 0.305 e. The maximum Gasteiger partial charge on any atom is 0.308 e. The van der Waals surface area contributed by atoms with Gasteiger partial charge in [0.15, 0.2) is 5.82 Å². The van der Waals surface area contributed by atoms with Crippen LogP contribution in [0.25, 0.3) is 0 Å². The van der Waals surface area contributed by atoms with Crippen LogP contribution < -0.4 is 5.32 Å². The number of benzene rings is 1. The van der Waals surface area contributed by atoms with Crippen LogP contribution in [-0.2, 0) is 0 Å². The molecule has 2 rings (SSSR count). The van der Waals surface area contributed by atoms with E-state index in [-0.39, 0.29) is 11.0 Å². The number of hydrogen-bond acceptors (Lipinski definition) is 5. The largest absolute Gasteiger partial charge is 0.308 e. The van der Waals surface area contributed by atoms with Crippen molar-refractivity contribution in [2.24, 2.45) is 0 Å². The van der Waals surface area contributed by atoms with Crippen molar-refractivity contribution >= 4 is 29.0 Å². The highest BCUT2D eigenvalue weighted by Gasteiger charge is 2.24. The number of nitro benzene ring substituents is 1. The molecule has 0 radical (unpaired) electrons. The molecule has 0 aliphatic heterocycles. The van der Waals surface area contributed by atoms with Crippen LogP contribution in [0.5, 0.6) is 0 Å². The molecule has 0 aliphatic rings. The van der Waals surface area contributed by atoms with E-state index in [4.69, 9.17) is 11.6 Å². The first kappa shape index (κ1) is 14.7. The molecule has 0 aliphatic carbocycles. The van der Waals surface area contributed by atoms with Crippen molar-refractivity contribution in [2.45, 2.75) is 0 Å². The average Bonchev–Trinajstić information content (AvgIpc) is 2.40. The minimum absolute atomic E-state index is 0.0292. The number of amides is 1. The molecule has 7 nitrogen and oxygen atoms in total. The van der Waals surface area contributed by atoms with Gasteiger partial charge in [0.1, 0.15) is 11.0 Å². The third kappa shape index (κ3) is 3.26. The Kier molecular flexibility index (Phi) is 4.03. The van der Waals surface area contributed by atoms with E-state index in [9.17, 15) is 23.7 Å². The normalized spacial score (nSPS) is 10.2. The predicted molar refractivity (Wildman–Crippen MR) is 68.0 cm³/mol. The summed E-state index contributed by atoms with van der Waals surface area (Å²) in [5.41, 5.74) is -1.97. The second kappa shape index (κ2) is 5.75. The molecule has 0 unspecified atom stereocenters. The molecule has 0 atom stereocenters. The minimum Gasteiger partial charge on any atom is -0.305 e. The summed E-state index contributed by atoms with van der Waals surface area (Å²) in [4.78, 5) is 28.6. The Morgan fingerprint density at radius 3 is 2.67 bits per heavy atom. The van der Waals surface area contributed by atoms with Crippen molar-refractivity contribution in [3.05, 3.63) is 57.0 Å². The molecule has 0 bridgehead atoms. The Balaban J connectivity index is 2.37. The molecule has 1 aromatic heterocycles. The molecule has 108 valence electrons. The molecule has 1 heterocycles. The molecule has 1 aromatic carbocycles. The molecular weight excluding hydrogens is 310 g/mol. The fraction of sp³-hybridized carbons (Fsp3) is 0. The van der Waals surface area contributed by atoms with Crippen LogP contribution in [0.3, 0.4) is 0 Å². The topological polar surface area (TPSA) is 98.0 Å². The van der Waals surface area contributed by atoms with Crippen molar-refractivity contribution in [3.8, 4) is 0 Å². The zero-order valence-corrected chi connectivity index (χ0v) is 10.8. The number of nitrogens with one attached hydrogen (secondary N) is 1. The first-order valence-corrected chi connectivity index (χ1v) is 5.68. The van der Waals surface area contributed by atoms with E-state index in [1.54, 1.807) is 0 Å². The third-order valence-electron chi connectivity index (χ3n) is 2.31. The Morgan fingerprint density at radius 1 is 1.33 bits per heavy atom. The molecule has 0 saturated heterocycles. The van der Waals surface area contributed by atoms with E-state index in [0.717, 1.165) is 6.20 Å². The van der Waals surface area contributed by atoms with E-state index in [1.807, 2.05) is 0 Å². The summed E-state index contributed by atoms with van der Waals surface area (Å²) < 4.78 is 27.0. The molecule has 10 heteroatoms. The number of halogens is 3. The SMILES string of the molecule is O=C(Nc1cncc(Cl)n1)c1cc(F)cc([N+](=O)[O-])c1F. The van der Waals surface area contributed by atoms with Crippen molar-refractivity contribution in [1.82, 2.24) is 9.97 Å². The van der Waals surface area contributed by atoms with Gasteiger partial charge in [-0.2, -0.15) is 4.39 Å². The van der Waals surface area contributed by atoms with Crippen LogP contribution in [-0.4, -0.2) is 20.8 Å². The van der Waals surface area contributed by atoms with Gasteiger partial charge in [0.2, 0.25) is 5.82 Å². The first-order valence-electron chi connectivity index (χ1n) is 5.31. The Hall–Kier alpha value is -2.68. The van der Waals surface area contributed by atoms with Gasteiger partial charge >= 0.3 is 5.69 Å². The van der Waals surface area contributed by atoms with Gasteiger partial charge < -0.3 is 5.32 Å². The lowest BCUT2D eigenvalue weighted by atomic mass is 10.1. The van der Waals surface area contributed by atoms with Crippen molar-refractivity contribution in [2.75, 3.05) is 5.32 Å². The first-order chi connectivity index (χ1) is 9.88. The molecule has 2 aromatic rings.